The molecule has 176 valence electrons. The Bertz CT molecular complexity index is 815. The fraction of sp³-hybridized carbons (Fsp3) is 0.708. The minimum Gasteiger partial charge on any atom is -0.352 e. The van der Waals surface area contributed by atoms with Crippen molar-refractivity contribution in [3.8, 4) is 0 Å². The van der Waals surface area contributed by atoms with E-state index in [0.717, 1.165) is 38.5 Å². The van der Waals surface area contributed by atoms with Gasteiger partial charge in [0.1, 0.15) is 6.04 Å². The summed E-state index contributed by atoms with van der Waals surface area (Å²) in [5.41, 5.74) is 6.01. The Labute approximate surface area is 194 Å². The molecule has 2 heterocycles. The quantitative estimate of drug-likeness (QED) is 0.654. The first kappa shape index (κ1) is 23.2. The van der Waals surface area contributed by atoms with E-state index in [-0.39, 0.29) is 41.8 Å². The van der Waals surface area contributed by atoms with Gasteiger partial charge in [-0.3, -0.25) is 14.4 Å². The summed E-state index contributed by atoms with van der Waals surface area (Å²) in [5, 5.41) is 5.07. The molecule has 32 heavy (non-hydrogen) atoms. The molecule has 3 fully saturated rings. The molecule has 1 aromatic rings. The highest BCUT2D eigenvalue weighted by Gasteiger charge is 2.46. The summed E-state index contributed by atoms with van der Waals surface area (Å²) in [6.07, 6.45) is 5.98. The average molecular weight is 461 g/mol. The summed E-state index contributed by atoms with van der Waals surface area (Å²) < 4.78 is 0. The number of likely N-dealkylation sites (tertiary alicyclic amines) is 1. The second-order valence-electron chi connectivity index (χ2n) is 10.1. The smallest absolute Gasteiger partial charge is 0.264 e. The Morgan fingerprint density at radius 2 is 1.91 bits per heavy atom. The largest absolute Gasteiger partial charge is 0.352 e. The van der Waals surface area contributed by atoms with Crippen molar-refractivity contribution in [1.82, 2.24) is 15.1 Å². The molecular weight excluding hydrogens is 424 g/mol. The maximum absolute atomic E-state index is 13.3. The van der Waals surface area contributed by atoms with E-state index in [1.807, 2.05) is 16.3 Å². The molecule has 1 aliphatic heterocycles. The number of hydrogen-bond donors (Lipinski definition) is 2. The van der Waals surface area contributed by atoms with Crippen LogP contribution in [0.5, 0.6) is 0 Å². The van der Waals surface area contributed by atoms with Gasteiger partial charge in [0.25, 0.3) is 5.91 Å². The van der Waals surface area contributed by atoms with Crippen LogP contribution in [0.4, 0.5) is 0 Å². The molecule has 2 saturated carbocycles. The van der Waals surface area contributed by atoms with Gasteiger partial charge in [-0.15, -0.1) is 11.3 Å². The number of amides is 3. The zero-order valence-corrected chi connectivity index (χ0v) is 20.0. The van der Waals surface area contributed by atoms with Crippen molar-refractivity contribution < 1.29 is 14.4 Å². The topological polar surface area (TPSA) is 95.7 Å². The van der Waals surface area contributed by atoms with Crippen LogP contribution in [0.15, 0.2) is 17.5 Å². The number of nitrogens with zero attached hydrogens (tertiary/aromatic N) is 2. The van der Waals surface area contributed by atoms with E-state index in [2.05, 4.69) is 19.2 Å². The lowest BCUT2D eigenvalue weighted by Crippen LogP contribution is -2.50. The Morgan fingerprint density at radius 1 is 1.19 bits per heavy atom. The minimum atomic E-state index is -0.549. The van der Waals surface area contributed by atoms with Crippen LogP contribution in [0.2, 0.25) is 0 Å². The van der Waals surface area contributed by atoms with Crippen LogP contribution in [0.1, 0.15) is 68.5 Å². The lowest BCUT2D eigenvalue weighted by molar-refractivity contribution is -0.135. The van der Waals surface area contributed by atoms with Gasteiger partial charge in [0, 0.05) is 31.1 Å². The first-order valence-corrected chi connectivity index (χ1v) is 12.9. The van der Waals surface area contributed by atoms with Gasteiger partial charge in [-0.25, -0.2) is 0 Å². The molecule has 0 spiro atoms. The van der Waals surface area contributed by atoms with E-state index in [1.54, 1.807) is 11.0 Å². The molecule has 4 rings (SSSR count). The Hall–Kier alpha value is -1.93. The summed E-state index contributed by atoms with van der Waals surface area (Å²) in [7, 11) is 0. The summed E-state index contributed by atoms with van der Waals surface area (Å²) in [4.78, 5) is 44.0. The van der Waals surface area contributed by atoms with Crippen molar-refractivity contribution in [2.75, 3.05) is 13.1 Å². The number of thiophene rings is 1. The second-order valence-corrected chi connectivity index (χ2v) is 11.1. The molecule has 3 N–H and O–H groups in total. The first-order chi connectivity index (χ1) is 15.3. The van der Waals surface area contributed by atoms with Crippen molar-refractivity contribution >= 4 is 29.1 Å². The third-order valence-corrected chi connectivity index (χ3v) is 7.76. The number of nitrogens with two attached hydrogens (primary N) is 1. The highest BCUT2D eigenvalue weighted by molar-refractivity contribution is 7.12. The molecule has 0 bridgehead atoms. The standard InChI is InChI=1S/C24H36N4O3S/c1-15(2)13-27(23(30)16-5-6-16)19-12-20(22(29)26-18-9-7-17(25)8-10-18)28(14-19)24(31)21-4-3-11-32-21/h3-4,11,15-20H,5-10,12-14,25H2,1-2H3,(H,26,29). The van der Waals surface area contributed by atoms with Gasteiger partial charge in [-0.1, -0.05) is 19.9 Å². The van der Waals surface area contributed by atoms with Gasteiger partial charge in [-0.05, 0) is 62.3 Å². The summed E-state index contributed by atoms with van der Waals surface area (Å²) in [5.74, 6) is 0.431. The van der Waals surface area contributed by atoms with Gasteiger partial charge >= 0.3 is 0 Å². The monoisotopic (exact) mass is 460 g/mol. The third-order valence-electron chi connectivity index (χ3n) is 6.90. The SMILES string of the molecule is CC(C)CN(C(=O)C1CC1)C1CC(C(=O)NC2CCC(N)CC2)N(C(=O)c2cccs2)C1. The highest BCUT2D eigenvalue weighted by Crippen LogP contribution is 2.34. The zero-order valence-electron chi connectivity index (χ0n) is 19.2. The molecule has 2 aliphatic carbocycles. The first-order valence-electron chi connectivity index (χ1n) is 12.0. The molecule has 3 amide bonds. The van der Waals surface area contributed by atoms with E-state index in [0.29, 0.717) is 30.3 Å². The molecule has 3 aliphatic rings. The molecule has 0 radical (unpaired) electrons. The third kappa shape index (κ3) is 5.34. The fourth-order valence-corrected chi connectivity index (χ4v) is 5.67. The van der Waals surface area contributed by atoms with Gasteiger partial charge in [0.15, 0.2) is 0 Å². The van der Waals surface area contributed by atoms with E-state index < -0.39 is 6.04 Å². The van der Waals surface area contributed by atoms with Gasteiger partial charge in [0.2, 0.25) is 11.8 Å². The lowest BCUT2D eigenvalue weighted by atomic mass is 9.91. The Balaban J connectivity index is 1.52. The van der Waals surface area contributed by atoms with Crippen molar-refractivity contribution in [1.29, 1.82) is 0 Å². The summed E-state index contributed by atoms with van der Waals surface area (Å²) >= 11 is 1.39. The van der Waals surface area contributed by atoms with Crippen LogP contribution in [0.3, 0.4) is 0 Å². The number of carbonyl (C=O) groups is 3. The molecule has 2 unspecified atom stereocenters. The number of carbonyl (C=O) groups excluding carboxylic acids is 3. The number of hydrogen-bond acceptors (Lipinski definition) is 5. The van der Waals surface area contributed by atoms with E-state index in [9.17, 15) is 14.4 Å². The summed E-state index contributed by atoms with van der Waals surface area (Å²) in [6.45, 7) is 5.29. The van der Waals surface area contributed by atoms with Gasteiger partial charge in [0.05, 0.1) is 10.9 Å². The van der Waals surface area contributed by atoms with E-state index >= 15 is 0 Å². The number of nitrogens with one attached hydrogen (secondary N) is 1. The Morgan fingerprint density at radius 3 is 2.50 bits per heavy atom. The van der Waals surface area contributed by atoms with Crippen LogP contribution in [0, 0.1) is 11.8 Å². The molecule has 1 saturated heterocycles. The summed E-state index contributed by atoms with van der Waals surface area (Å²) in [6, 6.07) is 3.32. The second kappa shape index (κ2) is 9.91. The lowest BCUT2D eigenvalue weighted by Gasteiger charge is -2.30. The Kier molecular flexibility index (Phi) is 7.20. The minimum absolute atomic E-state index is 0.0961. The predicted molar refractivity (Wildman–Crippen MR) is 125 cm³/mol. The average Bonchev–Trinajstić information content (AvgIpc) is 3.29. The van der Waals surface area contributed by atoms with Crippen molar-refractivity contribution in [2.24, 2.45) is 17.6 Å². The number of rotatable bonds is 7. The predicted octanol–water partition coefficient (Wildman–Crippen LogP) is 2.61. The highest BCUT2D eigenvalue weighted by atomic mass is 32.1. The normalized spacial score (nSPS) is 28.1. The molecule has 8 heteroatoms. The maximum Gasteiger partial charge on any atom is 0.264 e. The van der Waals surface area contributed by atoms with Crippen LogP contribution >= 0.6 is 11.3 Å². The van der Waals surface area contributed by atoms with Crippen LogP contribution in [0.25, 0.3) is 0 Å². The molecule has 7 nitrogen and oxygen atoms in total. The molecule has 2 atom stereocenters. The van der Waals surface area contributed by atoms with Crippen LogP contribution in [-0.4, -0.2) is 64.8 Å². The van der Waals surface area contributed by atoms with Gasteiger partial charge in [-0.2, -0.15) is 0 Å². The maximum atomic E-state index is 13.3. The fourth-order valence-electron chi connectivity index (χ4n) is 4.99. The molecule has 1 aromatic heterocycles. The van der Waals surface area contributed by atoms with Crippen molar-refractivity contribution in [3.05, 3.63) is 22.4 Å². The molecular formula is C24H36N4O3S. The van der Waals surface area contributed by atoms with Crippen molar-refractivity contribution in [3.63, 3.8) is 0 Å². The van der Waals surface area contributed by atoms with Gasteiger partial charge < -0.3 is 20.9 Å². The van der Waals surface area contributed by atoms with E-state index in [4.69, 9.17) is 5.73 Å². The van der Waals surface area contributed by atoms with E-state index in [1.165, 1.54) is 11.3 Å². The molecule has 0 aromatic carbocycles. The van der Waals surface area contributed by atoms with Crippen molar-refractivity contribution in [2.45, 2.75) is 83.0 Å². The van der Waals surface area contributed by atoms with Crippen LogP contribution in [-0.2, 0) is 9.59 Å². The zero-order chi connectivity index (χ0) is 22.8. The van der Waals surface area contributed by atoms with Crippen LogP contribution < -0.4 is 11.1 Å².